The number of thioether (sulfide) groups is 1. The third kappa shape index (κ3) is 4.72. The molecule has 0 unspecified atom stereocenters. The first-order valence-electron chi connectivity index (χ1n) is 10.8. The zero-order valence-corrected chi connectivity index (χ0v) is 18.9. The summed E-state index contributed by atoms with van der Waals surface area (Å²) in [5.41, 5.74) is 2.54. The molecule has 1 saturated heterocycles. The van der Waals surface area contributed by atoms with Gasteiger partial charge in [0, 0.05) is 0 Å². The number of nitrogens with zero attached hydrogens (tertiary/aromatic N) is 1. The van der Waals surface area contributed by atoms with Gasteiger partial charge < -0.3 is 4.74 Å². The Morgan fingerprint density at radius 2 is 1.65 bits per heavy atom. The number of halogens is 1. The normalized spacial score (nSPS) is 14.9. The van der Waals surface area contributed by atoms with E-state index >= 15 is 0 Å². The summed E-state index contributed by atoms with van der Waals surface area (Å²) in [6, 6.07) is 27.5. The molecule has 1 fully saturated rings. The number of hydrogen-bond donors (Lipinski definition) is 0. The van der Waals surface area contributed by atoms with Gasteiger partial charge in [0.25, 0.3) is 11.1 Å². The van der Waals surface area contributed by atoms with E-state index in [9.17, 15) is 14.0 Å². The first kappa shape index (κ1) is 21.9. The molecule has 168 valence electrons. The SMILES string of the molecule is O=C1S/C(=C/c2cccc(OCc3cccc4ccccc34)c2)C(=O)N1Cc1ccc(F)cc1. The van der Waals surface area contributed by atoms with Gasteiger partial charge in [0.05, 0.1) is 11.4 Å². The lowest BCUT2D eigenvalue weighted by atomic mass is 10.1. The van der Waals surface area contributed by atoms with Crippen LogP contribution in [0.15, 0.2) is 95.9 Å². The fourth-order valence-corrected chi connectivity index (χ4v) is 4.67. The van der Waals surface area contributed by atoms with Crippen LogP contribution in [0, 0.1) is 5.82 Å². The molecule has 34 heavy (non-hydrogen) atoms. The molecule has 0 N–H and O–H groups in total. The quantitative estimate of drug-likeness (QED) is 0.292. The van der Waals surface area contributed by atoms with E-state index in [-0.39, 0.29) is 23.5 Å². The average molecular weight is 470 g/mol. The highest BCUT2D eigenvalue weighted by atomic mass is 32.2. The van der Waals surface area contributed by atoms with Crippen molar-refractivity contribution in [1.29, 1.82) is 0 Å². The summed E-state index contributed by atoms with van der Waals surface area (Å²) in [6.45, 7) is 0.523. The molecule has 0 radical (unpaired) electrons. The van der Waals surface area contributed by atoms with Gasteiger partial charge in [0.1, 0.15) is 18.2 Å². The van der Waals surface area contributed by atoms with Crippen molar-refractivity contribution in [2.75, 3.05) is 0 Å². The molecular weight excluding hydrogens is 449 g/mol. The lowest BCUT2D eigenvalue weighted by Gasteiger charge is -2.12. The van der Waals surface area contributed by atoms with Gasteiger partial charge >= 0.3 is 0 Å². The van der Waals surface area contributed by atoms with Crippen molar-refractivity contribution in [2.24, 2.45) is 0 Å². The number of rotatable bonds is 6. The van der Waals surface area contributed by atoms with Gasteiger partial charge in [-0.05, 0) is 69.6 Å². The van der Waals surface area contributed by atoms with E-state index in [1.807, 2.05) is 48.5 Å². The molecule has 0 bridgehead atoms. The van der Waals surface area contributed by atoms with Crippen molar-refractivity contribution in [1.82, 2.24) is 4.90 Å². The maximum Gasteiger partial charge on any atom is 0.293 e. The summed E-state index contributed by atoms with van der Waals surface area (Å²) >= 11 is 0.900. The zero-order valence-electron chi connectivity index (χ0n) is 18.1. The Hall–Kier alpha value is -3.90. The first-order chi connectivity index (χ1) is 16.6. The van der Waals surface area contributed by atoms with Crippen LogP contribution in [0.5, 0.6) is 5.75 Å². The molecule has 4 nitrogen and oxygen atoms in total. The molecule has 5 rings (SSSR count). The maximum atomic E-state index is 13.1. The van der Waals surface area contributed by atoms with E-state index in [1.165, 1.54) is 17.0 Å². The van der Waals surface area contributed by atoms with E-state index in [0.717, 1.165) is 33.7 Å². The molecular formula is C28H20FNO3S. The summed E-state index contributed by atoms with van der Waals surface area (Å²) in [5.74, 6) is -0.0473. The molecule has 1 aliphatic rings. The third-order valence-corrected chi connectivity index (χ3v) is 6.47. The third-order valence-electron chi connectivity index (χ3n) is 5.56. The fourth-order valence-electron chi connectivity index (χ4n) is 3.83. The first-order valence-corrected chi connectivity index (χ1v) is 11.6. The van der Waals surface area contributed by atoms with E-state index in [1.54, 1.807) is 18.2 Å². The van der Waals surface area contributed by atoms with Crippen LogP contribution in [-0.4, -0.2) is 16.0 Å². The van der Waals surface area contributed by atoms with E-state index in [0.29, 0.717) is 22.8 Å². The largest absolute Gasteiger partial charge is 0.489 e. The van der Waals surface area contributed by atoms with Crippen molar-refractivity contribution >= 4 is 39.8 Å². The van der Waals surface area contributed by atoms with Crippen LogP contribution in [-0.2, 0) is 17.9 Å². The minimum atomic E-state index is -0.361. The Labute approximate surface area is 200 Å². The van der Waals surface area contributed by atoms with Crippen LogP contribution in [0.25, 0.3) is 16.8 Å². The highest BCUT2D eigenvalue weighted by molar-refractivity contribution is 8.18. The van der Waals surface area contributed by atoms with E-state index in [2.05, 4.69) is 18.2 Å². The molecule has 6 heteroatoms. The number of imide groups is 1. The molecule has 0 spiro atoms. The topological polar surface area (TPSA) is 46.6 Å². The molecule has 4 aromatic carbocycles. The number of amides is 2. The Morgan fingerprint density at radius 1 is 0.882 bits per heavy atom. The van der Waals surface area contributed by atoms with Gasteiger partial charge in [-0.1, -0.05) is 66.7 Å². The Bertz CT molecular complexity index is 1410. The van der Waals surface area contributed by atoms with Gasteiger partial charge in [-0.3, -0.25) is 14.5 Å². The number of carbonyl (C=O) groups excluding carboxylic acids is 2. The smallest absolute Gasteiger partial charge is 0.293 e. The summed E-state index contributed by atoms with van der Waals surface area (Å²) in [6.07, 6.45) is 1.69. The number of hydrogen-bond acceptors (Lipinski definition) is 4. The molecule has 1 aliphatic heterocycles. The summed E-state index contributed by atoms with van der Waals surface area (Å²) in [5, 5.41) is 1.97. The maximum absolute atomic E-state index is 13.1. The zero-order chi connectivity index (χ0) is 23.5. The number of fused-ring (bicyclic) bond motifs is 1. The van der Waals surface area contributed by atoms with Crippen molar-refractivity contribution in [3.8, 4) is 5.75 Å². The highest BCUT2D eigenvalue weighted by Crippen LogP contribution is 2.34. The highest BCUT2D eigenvalue weighted by Gasteiger charge is 2.34. The lowest BCUT2D eigenvalue weighted by molar-refractivity contribution is -0.123. The molecule has 0 aliphatic carbocycles. The Balaban J connectivity index is 1.30. The fraction of sp³-hybridized carbons (Fsp3) is 0.0714. The van der Waals surface area contributed by atoms with E-state index < -0.39 is 0 Å². The van der Waals surface area contributed by atoms with Crippen LogP contribution in [0.3, 0.4) is 0 Å². The summed E-state index contributed by atoms with van der Waals surface area (Å²) in [7, 11) is 0. The Morgan fingerprint density at radius 3 is 2.50 bits per heavy atom. The van der Waals surface area contributed by atoms with Crippen molar-refractivity contribution in [2.45, 2.75) is 13.2 Å². The van der Waals surface area contributed by atoms with Crippen LogP contribution < -0.4 is 4.74 Å². The number of ether oxygens (including phenoxy) is 1. The van der Waals surface area contributed by atoms with Gasteiger partial charge in [-0.2, -0.15) is 0 Å². The van der Waals surface area contributed by atoms with E-state index in [4.69, 9.17) is 4.74 Å². The lowest BCUT2D eigenvalue weighted by Crippen LogP contribution is -2.27. The molecule has 2 amide bonds. The average Bonchev–Trinajstić information content (AvgIpc) is 3.11. The van der Waals surface area contributed by atoms with Crippen LogP contribution in [0.4, 0.5) is 9.18 Å². The number of benzene rings is 4. The van der Waals surface area contributed by atoms with Crippen LogP contribution in [0.1, 0.15) is 16.7 Å². The van der Waals surface area contributed by atoms with Crippen molar-refractivity contribution in [3.63, 3.8) is 0 Å². The van der Waals surface area contributed by atoms with Crippen LogP contribution in [0.2, 0.25) is 0 Å². The van der Waals surface area contributed by atoms with Crippen LogP contribution >= 0.6 is 11.8 Å². The second-order valence-electron chi connectivity index (χ2n) is 7.89. The second-order valence-corrected chi connectivity index (χ2v) is 8.89. The summed E-state index contributed by atoms with van der Waals surface area (Å²) < 4.78 is 19.2. The summed E-state index contributed by atoms with van der Waals surface area (Å²) in [4.78, 5) is 26.8. The molecule has 1 heterocycles. The molecule has 0 saturated carbocycles. The molecule has 4 aromatic rings. The minimum Gasteiger partial charge on any atom is -0.489 e. The molecule has 0 atom stereocenters. The van der Waals surface area contributed by atoms with Gasteiger partial charge in [-0.25, -0.2) is 4.39 Å². The monoisotopic (exact) mass is 469 g/mol. The standard InChI is InChI=1S/C28H20FNO3S/c29-23-13-11-19(12-14-23)17-30-27(31)26(34-28(30)32)16-20-5-3-9-24(15-20)33-18-22-8-4-7-21-6-1-2-10-25(21)22/h1-16H,17-18H2/b26-16+. The molecule has 0 aromatic heterocycles. The second kappa shape index (κ2) is 9.53. The predicted molar refractivity (Wildman–Crippen MR) is 133 cm³/mol. The van der Waals surface area contributed by atoms with Gasteiger partial charge in [-0.15, -0.1) is 0 Å². The predicted octanol–water partition coefficient (Wildman–Crippen LogP) is 6.79. The van der Waals surface area contributed by atoms with Gasteiger partial charge in [0.15, 0.2) is 0 Å². The van der Waals surface area contributed by atoms with Crippen molar-refractivity contribution < 1.29 is 18.7 Å². The Kier molecular flexibility index (Phi) is 6.14. The van der Waals surface area contributed by atoms with Crippen molar-refractivity contribution in [3.05, 3.63) is 118 Å². The van der Waals surface area contributed by atoms with Gasteiger partial charge in [0.2, 0.25) is 0 Å². The number of carbonyl (C=O) groups is 2. The minimum absolute atomic E-state index is 0.108.